The van der Waals surface area contributed by atoms with Crippen molar-refractivity contribution >= 4 is 22.6 Å². The number of amides is 1. The van der Waals surface area contributed by atoms with E-state index in [2.05, 4.69) is 5.32 Å². The van der Waals surface area contributed by atoms with Crippen molar-refractivity contribution in [2.45, 2.75) is 13.0 Å². The predicted octanol–water partition coefficient (Wildman–Crippen LogP) is 4.96. The molecule has 0 saturated heterocycles. The number of ketones is 1. The lowest BCUT2D eigenvalue weighted by molar-refractivity contribution is -0.118. The van der Waals surface area contributed by atoms with E-state index in [9.17, 15) is 9.59 Å². The standard InChI is InChI=1S/C25H20N2O2/c1-17(28)24(19-12-6-3-7-13-19)27-25(29)21-16-23(18-10-4-2-5-11-18)26-22-15-9-8-14-20(21)22/h2-16,24H,1H3,(H,27,29)/t24-/m0/s1. The number of pyridine rings is 1. The predicted molar refractivity (Wildman–Crippen MR) is 115 cm³/mol. The van der Waals surface area contributed by atoms with E-state index in [-0.39, 0.29) is 11.7 Å². The molecule has 0 aliphatic heterocycles. The van der Waals surface area contributed by atoms with Gasteiger partial charge in [-0.1, -0.05) is 78.9 Å². The van der Waals surface area contributed by atoms with E-state index in [1.54, 1.807) is 6.07 Å². The van der Waals surface area contributed by atoms with Crippen LogP contribution in [0.2, 0.25) is 0 Å². The van der Waals surface area contributed by atoms with Crippen molar-refractivity contribution in [3.05, 3.63) is 102 Å². The Balaban J connectivity index is 1.78. The monoisotopic (exact) mass is 380 g/mol. The summed E-state index contributed by atoms with van der Waals surface area (Å²) in [5.41, 5.74) is 3.64. The highest BCUT2D eigenvalue weighted by molar-refractivity contribution is 6.08. The molecule has 0 aliphatic carbocycles. The minimum atomic E-state index is -0.698. The molecule has 142 valence electrons. The molecule has 1 aromatic heterocycles. The Kier molecular flexibility index (Phi) is 5.16. The van der Waals surface area contributed by atoms with Gasteiger partial charge in [0.25, 0.3) is 5.91 Å². The van der Waals surface area contributed by atoms with Crippen LogP contribution >= 0.6 is 0 Å². The number of aromatic nitrogens is 1. The lowest BCUT2D eigenvalue weighted by Crippen LogP contribution is -2.33. The molecule has 4 heteroatoms. The quantitative estimate of drug-likeness (QED) is 0.532. The molecule has 29 heavy (non-hydrogen) atoms. The average molecular weight is 380 g/mol. The molecule has 0 fully saturated rings. The van der Waals surface area contributed by atoms with Gasteiger partial charge in [-0.25, -0.2) is 4.98 Å². The molecule has 0 spiro atoms. The number of rotatable bonds is 5. The maximum absolute atomic E-state index is 13.2. The van der Waals surface area contributed by atoms with E-state index in [0.29, 0.717) is 11.3 Å². The normalized spacial score (nSPS) is 11.8. The van der Waals surface area contributed by atoms with Gasteiger partial charge in [-0.3, -0.25) is 9.59 Å². The van der Waals surface area contributed by atoms with Crippen molar-refractivity contribution in [2.24, 2.45) is 0 Å². The largest absolute Gasteiger partial charge is 0.338 e. The van der Waals surface area contributed by atoms with Gasteiger partial charge in [-0.05, 0) is 24.6 Å². The van der Waals surface area contributed by atoms with Gasteiger partial charge in [0.15, 0.2) is 5.78 Å². The summed E-state index contributed by atoms with van der Waals surface area (Å²) in [6.45, 7) is 1.48. The molecule has 4 rings (SSSR count). The van der Waals surface area contributed by atoms with Crippen LogP contribution in [0.4, 0.5) is 0 Å². The maximum Gasteiger partial charge on any atom is 0.252 e. The topological polar surface area (TPSA) is 59.1 Å². The smallest absolute Gasteiger partial charge is 0.252 e. The number of nitrogens with one attached hydrogen (secondary N) is 1. The number of benzene rings is 3. The molecule has 3 aromatic carbocycles. The minimum Gasteiger partial charge on any atom is -0.338 e. The van der Waals surface area contributed by atoms with Crippen molar-refractivity contribution in [1.82, 2.24) is 10.3 Å². The van der Waals surface area contributed by atoms with Crippen LogP contribution in [0.3, 0.4) is 0 Å². The summed E-state index contributed by atoms with van der Waals surface area (Å²) in [4.78, 5) is 30.2. The summed E-state index contributed by atoms with van der Waals surface area (Å²) in [5.74, 6) is -0.420. The number of fused-ring (bicyclic) bond motifs is 1. The Bertz CT molecular complexity index is 1170. The van der Waals surface area contributed by atoms with Crippen LogP contribution in [0.1, 0.15) is 28.9 Å². The molecule has 4 aromatic rings. The molecule has 1 atom stereocenters. The minimum absolute atomic E-state index is 0.119. The van der Waals surface area contributed by atoms with Crippen molar-refractivity contribution in [3.8, 4) is 11.3 Å². The van der Waals surface area contributed by atoms with Crippen molar-refractivity contribution < 1.29 is 9.59 Å². The van der Waals surface area contributed by atoms with Gasteiger partial charge >= 0.3 is 0 Å². The number of nitrogens with zero attached hydrogens (tertiary/aromatic N) is 1. The Morgan fingerprint density at radius 1 is 0.828 bits per heavy atom. The van der Waals surface area contributed by atoms with Crippen molar-refractivity contribution in [3.63, 3.8) is 0 Å². The molecule has 0 unspecified atom stereocenters. The first-order chi connectivity index (χ1) is 14.1. The summed E-state index contributed by atoms with van der Waals surface area (Å²) in [6.07, 6.45) is 0. The molecule has 0 bridgehead atoms. The molecular formula is C25H20N2O2. The fourth-order valence-electron chi connectivity index (χ4n) is 3.39. The van der Waals surface area contributed by atoms with E-state index >= 15 is 0 Å². The molecule has 0 radical (unpaired) electrons. The van der Waals surface area contributed by atoms with E-state index in [1.807, 2.05) is 84.9 Å². The van der Waals surface area contributed by atoms with E-state index in [1.165, 1.54) is 6.92 Å². The first-order valence-electron chi connectivity index (χ1n) is 9.45. The second-order valence-electron chi connectivity index (χ2n) is 6.87. The van der Waals surface area contributed by atoms with Crippen LogP contribution < -0.4 is 5.32 Å². The number of hydrogen-bond acceptors (Lipinski definition) is 3. The first-order valence-corrected chi connectivity index (χ1v) is 9.45. The van der Waals surface area contributed by atoms with Crippen molar-refractivity contribution in [2.75, 3.05) is 0 Å². The van der Waals surface area contributed by atoms with Gasteiger partial charge in [0.05, 0.1) is 16.8 Å². The number of para-hydroxylation sites is 1. The zero-order chi connectivity index (χ0) is 20.2. The summed E-state index contributed by atoms with van der Waals surface area (Å²) in [7, 11) is 0. The maximum atomic E-state index is 13.2. The highest BCUT2D eigenvalue weighted by atomic mass is 16.2. The van der Waals surface area contributed by atoms with Crippen LogP contribution in [0.25, 0.3) is 22.2 Å². The molecule has 1 heterocycles. The van der Waals surface area contributed by atoms with Gasteiger partial charge in [0.2, 0.25) is 0 Å². The number of carbonyl (C=O) groups is 2. The molecule has 4 nitrogen and oxygen atoms in total. The molecular weight excluding hydrogens is 360 g/mol. The Morgan fingerprint density at radius 2 is 1.45 bits per heavy atom. The van der Waals surface area contributed by atoms with Crippen molar-refractivity contribution in [1.29, 1.82) is 0 Å². The number of hydrogen-bond donors (Lipinski definition) is 1. The third-order valence-electron chi connectivity index (χ3n) is 4.85. The summed E-state index contributed by atoms with van der Waals surface area (Å²) in [6, 6.07) is 27.6. The molecule has 1 N–H and O–H groups in total. The second kappa shape index (κ2) is 8.07. The Hall–Kier alpha value is -3.79. The second-order valence-corrected chi connectivity index (χ2v) is 6.87. The lowest BCUT2D eigenvalue weighted by atomic mass is 10.0. The fraction of sp³-hybridized carbons (Fsp3) is 0.0800. The first kappa shape index (κ1) is 18.6. The van der Waals surface area contributed by atoms with Gasteiger partial charge in [0.1, 0.15) is 6.04 Å². The summed E-state index contributed by atoms with van der Waals surface area (Å²) in [5, 5.41) is 3.65. The van der Waals surface area contributed by atoms with Crippen LogP contribution in [-0.2, 0) is 4.79 Å². The van der Waals surface area contributed by atoms with Crippen LogP contribution in [0, 0.1) is 0 Å². The lowest BCUT2D eigenvalue weighted by Gasteiger charge is -2.17. The van der Waals surface area contributed by atoms with Gasteiger partial charge in [0, 0.05) is 10.9 Å². The molecule has 1 amide bonds. The van der Waals surface area contributed by atoms with Gasteiger partial charge in [-0.15, -0.1) is 0 Å². The van der Waals surface area contributed by atoms with Crippen LogP contribution in [0.15, 0.2) is 91.0 Å². The van der Waals surface area contributed by atoms with Crippen LogP contribution in [0.5, 0.6) is 0 Å². The summed E-state index contributed by atoms with van der Waals surface area (Å²) >= 11 is 0. The fourth-order valence-corrected chi connectivity index (χ4v) is 3.39. The Labute approximate surface area is 169 Å². The van der Waals surface area contributed by atoms with Gasteiger partial charge < -0.3 is 5.32 Å². The third kappa shape index (κ3) is 3.92. The summed E-state index contributed by atoms with van der Waals surface area (Å²) < 4.78 is 0. The zero-order valence-corrected chi connectivity index (χ0v) is 16.0. The molecule has 0 saturated carbocycles. The number of carbonyl (C=O) groups excluding carboxylic acids is 2. The SMILES string of the molecule is CC(=O)[C@H](NC(=O)c1cc(-c2ccccc2)nc2ccccc12)c1ccccc1. The third-order valence-corrected chi connectivity index (χ3v) is 4.85. The van der Waals surface area contributed by atoms with Crippen LogP contribution in [-0.4, -0.2) is 16.7 Å². The zero-order valence-electron chi connectivity index (χ0n) is 16.0. The van der Waals surface area contributed by atoms with E-state index in [4.69, 9.17) is 4.98 Å². The Morgan fingerprint density at radius 3 is 2.14 bits per heavy atom. The van der Waals surface area contributed by atoms with Gasteiger partial charge in [-0.2, -0.15) is 0 Å². The van der Waals surface area contributed by atoms with E-state index < -0.39 is 6.04 Å². The highest BCUT2D eigenvalue weighted by Crippen LogP contribution is 2.25. The average Bonchev–Trinajstić information content (AvgIpc) is 2.77. The molecule has 0 aliphatic rings. The number of Topliss-reactive ketones (excluding diaryl/α,β-unsaturated/α-hetero) is 1. The van der Waals surface area contributed by atoms with E-state index in [0.717, 1.165) is 22.0 Å². The highest BCUT2D eigenvalue weighted by Gasteiger charge is 2.22.